The molecule has 1 amide bonds. The van der Waals surface area contributed by atoms with Gasteiger partial charge in [-0.15, -0.1) is 0 Å². The van der Waals surface area contributed by atoms with Gasteiger partial charge in [0, 0.05) is 30.9 Å². The van der Waals surface area contributed by atoms with Crippen LogP contribution in [-0.4, -0.2) is 37.1 Å². The maximum atomic E-state index is 12.1. The van der Waals surface area contributed by atoms with E-state index in [-0.39, 0.29) is 11.5 Å². The van der Waals surface area contributed by atoms with Crippen LogP contribution in [0.25, 0.3) is 0 Å². The smallest absolute Gasteiger partial charge is 0.266 e. The lowest BCUT2D eigenvalue weighted by atomic mass is 10.2. The average molecular weight is 306 g/mol. The largest absolute Gasteiger partial charge is 0.386 e. The van der Waals surface area contributed by atoms with E-state index >= 15 is 0 Å². The van der Waals surface area contributed by atoms with Crippen molar-refractivity contribution in [3.8, 4) is 6.07 Å². The zero-order chi connectivity index (χ0) is 15.1. The van der Waals surface area contributed by atoms with E-state index in [2.05, 4.69) is 5.32 Å². The normalized spacial score (nSPS) is 15.4. The first-order chi connectivity index (χ1) is 10.2. The van der Waals surface area contributed by atoms with Gasteiger partial charge in [0.05, 0.1) is 13.2 Å². The van der Waals surface area contributed by atoms with Crippen molar-refractivity contribution in [1.82, 2.24) is 10.2 Å². The standard InChI is InChI=1S/C15H16ClN3O2/c16-14-3-1-12(2-4-14)10-18-11-13(9-17)15(20)19-5-7-21-8-6-19/h1-4,11,18H,5-8,10H2/b13-11-. The van der Waals surface area contributed by atoms with Gasteiger partial charge in [-0.2, -0.15) is 5.26 Å². The first-order valence-corrected chi connectivity index (χ1v) is 7.03. The van der Waals surface area contributed by atoms with Crippen LogP contribution in [0.5, 0.6) is 0 Å². The second kappa shape index (κ2) is 7.67. The van der Waals surface area contributed by atoms with Gasteiger partial charge in [0.2, 0.25) is 0 Å². The molecule has 0 radical (unpaired) electrons. The maximum absolute atomic E-state index is 12.1. The van der Waals surface area contributed by atoms with E-state index in [1.807, 2.05) is 18.2 Å². The minimum absolute atomic E-state index is 0.103. The molecule has 110 valence electrons. The number of halogens is 1. The van der Waals surface area contributed by atoms with E-state index in [1.54, 1.807) is 17.0 Å². The van der Waals surface area contributed by atoms with E-state index in [4.69, 9.17) is 21.6 Å². The summed E-state index contributed by atoms with van der Waals surface area (Å²) < 4.78 is 5.19. The number of hydrogen-bond acceptors (Lipinski definition) is 4. The first kappa shape index (κ1) is 15.4. The Hall–Kier alpha value is -2.03. The van der Waals surface area contributed by atoms with Gasteiger partial charge in [0.1, 0.15) is 11.6 Å². The van der Waals surface area contributed by atoms with Crippen molar-refractivity contribution in [2.45, 2.75) is 6.54 Å². The first-order valence-electron chi connectivity index (χ1n) is 6.66. The number of morpholine rings is 1. The molecule has 2 rings (SSSR count). The van der Waals surface area contributed by atoms with Gasteiger partial charge in [-0.1, -0.05) is 23.7 Å². The van der Waals surface area contributed by atoms with Crippen LogP contribution in [0, 0.1) is 11.3 Å². The molecule has 0 aliphatic carbocycles. The predicted molar refractivity (Wildman–Crippen MR) is 79.4 cm³/mol. The van der Waals surface area contributed by atoms with Crippen molar-refractivity contribution in [2.75, 3.05) is 26.3 Å². The topological polar surface area (TPSA) is 65.4 Å². The Kier molecular flexibility index (Phi) is 5.61. The fourth-order valence-electron chi connectivity index (χ4n) is 1.95. The number of nitrogens with zero attached hydrogens (tertiary/aromatic N) is 2. The number of nitrogens with one attached hydrogen (secondary N) is 1. The summed E-state index contributed by atoms with van der Waals surface area (Å²) in [6, 6.07) is 9.31. The summed E-state index contributed by atoms with van der Waals surface area (Å²) in [6.07, 6.45) is 1.46. The van der Waals surface area contributed by atoms with Gasteiger partial charge in [0.15, 0.2) is 0 Å². The average Bonchev–Trinajstić information content (AvgIpc) is 2.53. The fourth-order valence-corrected chi connectivity index (χ4v) is 2.08. The summed E-state index contributed by atoms with van der Waals surface area (Å²) in [6.45, 7) is 2.61. The summed E-state index contributed by atoms with van der Waals surface area (Å²) in [4.78, 5) is 13.8. The van der Waals surface area contributed by atoms with E-state index in [0.29, 0.717) is 37.9 Å². The van der Waals surface area contributed by atoms with Crippen molar-refractivity contribution in [3.63, 3.8) is 0 Å². The molecule has 21 heavy (non-hydrogen) atoms. The van der Waals surface area contributed by atoms with Crippen molar-refractivity contribution in [2.24, 2.45) is 0 Å². The van der Waals surface area contributed by atoms with E-state index < -0.39 is 0 Å². The third-order valence-electron chi connectivity index (χ3n) is 3.11. The number of benzene rings is 1. The number of carbonyl (C=O) groups is 1. The third kappa shape index (κ3) is 4.48. The van der Waals surface area contributed by atoms with Crippen LogP contribution in [0.4, 0.5) is 0 Å². The number of ether oxygens (including phenoxy) is 1. The van der Waals surface area contributed by atoms with Crippen LogP contribution in [0.3, 0.4) is 0 Å². The van der Waals surface area contributed by atoms with Gasteiger partial charge in [-0.3, -0.25) is 4.79 Å². The number of hydrogen-bond donors (Lipinski definition) is 1. The Morgan fingerprint density at radius 3 is 2.67 bits per heavy atom. The monoisotopic (exact) mass is 305 g/mol. The molecule has 0 unspecified atom stereocenters. The number of rotatable bonds is 4. The highest BCUT2D eigenvalue weighted by Gasteiger charge is 2.20. The summed E-state index contributed by atoms with van der Waals surface area (Å²) in [7, 11) is 0. The third-order valence-corrected chi connectivity index (χ3v) is 3.37. The highest BCUT2D eigenvalue weighted by atomic mass is 35.5. The molecule has 1 aliphatic rings. The zero-order valence-corrected chi connectivity index (χ0v) is 12.3. The fraction of sp³-hybridized carbons (Fsp3) is 0.333. The van der Waals surface area contributed by atoms with Crippen LogP contribution in [0.1, 0.15) is 5.56 Å². The zero-order valence-electron chi connectivity index (χ0n) is 11.5. The lowest BCUT2D eigenvalue weighted by molar-refractivity contribution is -0.130. The molecule has 1 aromatic carbocycles. The molecule has 0 spiro atoms. The molecule has 5 nitrogen and oxygen atoms in total. The molecule has 0 saturated carbocycles. The Morgan fingerprint density at radius 1 is 1.38 bits per heavy atom. The van der Waals surface area contributed by atoms with E-state index in [1.165, 1.54) is 6.20 Å². The molecule has 0 atom stereocenters. The minimum Gasteiger partial charge on any atom is -0.386 e. The van der Waals surface area contributed by atoms with Crippen molar-refractivity contribution >= 4 is 17.5 Å². The maximum Gasteiger partial charge on any atom is 0.266 e. The van der Waals surface area contributed by atoms with Crippen LogP contribution in [-0.2, 0) is 16.1 Å². The summed E-state index contributed by atoms with van der Waals surface area (Å²) in [5.74, 6) is -0.260. The van der Waals surface area contributed by atoms with Gasteiger partial charge < -0.3 is 15.0 Å². The quantitative estimate of drug-likeness (QED) is 0.679. The summed E-state index contributed by atoms with van der Waals surface area (Å²) >= 11 is 5.81. The molecular weight excluding hydrogens is 290 g/mol. The van der Waals surface area contributed by atoms with Crippen LogP contribution in [0.15, 0.2) is 36.0 Å². The van der Waals surface area contributed by atoms with Crippen molar-refractivity contribution in [3.05, 3.63) is 46.6 Å². The highest BCUT2D eigenvalue weighted by Crippen LogP contribution is 2.09. The Balaban J connectivity index is 1.92. The number of amides is 1. The minimum atomic E-state index is -0.260. The second-order valence-electron chi connectivity index (χ2n) is 4.58. The number of carbonyl (C=O) groups excluding carboxylic acids is 1. The van der Waals surface area contributed by atoms with Crippen molar-refractivity contribution < 1.29 is 9.53 Å². The molecule has 1 aromatic rings. The Bertz CT molecular complexity index is 557. The Labute approximate surface area is 128 Å². The highest BCUT2D eigenvalue weighted by molar-refractivity contribution is 6.30. The lowest BCUT2D eigenvalue weighted by Crippen LogP contribution is -2.41. The summed E-state index contributed by atoms with van der Waals surface area (Å²) in [5, 5.41) is 12.8. The van der Waals surface area contributed by atoms with Crippen LogP contribution < -0.4 is 5.32 Å². The lowest BCUT2D eigenvalue weighted by Gasteiger charge is -2.26. The van der Waals surface area contributed by atoms with Crippen LogP contribution >= 0.6 is 11.6 Å². The molecule has 1 saturated heterocycles. The van der Waals surface area contributed by atoms with E-state index in [0.717, 1.165) is 5.56 Å². The molecule has 1 aliphatic heterocycles. The van der Waals surface area contributed by atoms with E-state index in [9.17, 15) is 4.79 Å². The molecule has 6 heteroatoms. The van der Waals surface area contributed by atoms with Crippen molar-refractivity contribution in [1.29, 1.82) is 5.26 Å². The molecular formula is C15H16ClN3O2. The number of nitriles is 1. The molecule has 1 fully saturated rings. The van der Waals surface area contributed by atoms with Gasteiger partial charge in [-0.25, -0.2) is 0 Å². The summed E-state index contributed by atoms with van der Waals surface area (Å²) in [5.41, 5.74) is 1.12. The molecule has 1 heterocycles. The molecule has 1 N–H and O–H groups in total. The molecule has 0 aromatic heterocycles. The SMILES string of the molecule is N#C/C(=C/NCc1ccc(Cl)cc1)C(=O)N1CCOCC1. The van der Waals surface area contributed by atoms with Gasteiger partial charge in [-0.05, 0) is 17.7 Å². The predicted octanol–water partition coefficient (Wildman–Crippen LogP) is 1.70. The van der Waals surface area contributed by atoms with Crippen LogP contribution in [0.2, 0.25) is 5.02 Å². The Morgan fingerprint density at radius 2 is 2.05 bits per heavy atom. The second-order valence-corrected chi connectivity index (χ2v) is 5.02. The molecule has 0 bridgehead atoms. The van der Waals surface area contributed by atoms with Gasteiger partial charge in [0.25, 0.3) is 5.91 Å². The van der Waals surface area contributed by atoms with Gasteiger partial charge >= 0.3 is 0 Å².